The predicted octanol–water partition coefficient (Wildman–Crippen LogP) is 1.65. The van der Waals surface area contributed by atoms with Crippen LogP contribution in [0.25, 0.3) is 0 Å². The van der Waals surface area contributed by atoms with E-state index < -0.39 is 0 Å². The fourth-order valence-electron chi connectivity index (χ4n) is 0.516. The fraction of sp³-hybridized carbons (Fsp3) is 1.00. The average Bonchev–Trinajstić information content (AvgIpc) is 1.89. The van der Waals surface area contributed by atoms with Gasteiger partial charge in [0.15, 0.2) is 0 Å². The standard InChI is InChI=1S/C6H15NS2/c1-8-5-3-4-7-6-9-2/h7H,3-6H2,1-2H3. The first-order valence-corrected chi connectivity index (χ1v) is 5.89. The highest BCUT2D eigenvalue weighted by atomic mass is 32.2. The van der Waals surface area contributed by atoms with Crippen LogP contribution in [0.4, 0.5) is 0 Å². The molecule has 0 aliphatic carbocycles. The molecule has 0 atom stereocenters. The van der Waals surface area contributed by atoms with Crippen molar-refractivity contribution in [3.8, 4) is 0 Å². The van der Waals surface area contributed by atoms with E-state index in [0.717, 1.165) is 5.88 Å². The van der Waals surface area contributed by atoms with Gasteiger partial charge in [0.2, 0.25) is 0 Å². The van der Waals surface area contributed by atoms with Crippen LogP contribution in [0.15, 0.2) is 0 Å². The van der Waals surface area contributed by atoms with Crippen molar-refractivity contribution >= 4 is 23.5 Å². The Hall–Kier alpha value is 0.660. The molecule has 0 saturated carbocycles. The summed E-state index contributed by atoms with van der Waals surface area (Å²) in [4.78, 5) is 0. The van der Waals surface area contributed by atoms with E-state index >= 15 is 0 Å². The number of thioether (sulfide) groups is 2. The van der Waals surface area contributed by atoms with Crippen LogP contribution < -0.4 is 5.32 Å². The molecule has 0 fully saturated rings. The summed E-state index contributed by atoms with van der Waals surface area (Å²) in [5, 5.41) is 3.32. The minimum atomic E-state index is 1.09. The predicted molar refractivity (Wildman–Crippen MR) is 49.4 cm³/mol. The lowest BCUT2D eigenvalue weighted by atomic mass is 10.5. The van der Waals surface area contributed by atoms with Gasteiger partial charge in [0.05, 0.1) is 0 Å². The quantitative estimate of drug-likeness (QED) is 0.475. The molecule has 0 radical (unpaired) electrons. The summed E-state index contributed by atoms with van der Waals surface area (Å²) in [6, 6.07) is 0. The lowest BCUT2D eigenvalue weighted by Crippen LogP contribution is -2.14. The summed E-state index contributed by atoms with van der Waals surface area (Å²) in [5.74, 6) is 2.37. The van der Waals surface area contributed by atoms with Gasteiger partial charge in [0.1, 0.15) is 0 Å². The molecule has 0 aliphatic rings. The maximum absolute atomic E-state index is 3.32. The Morgan fingerprint density at radius 2 is 2.00 bits per heavy atom. The largest absolute Gasteiger partial charge is 0.308 e. The lowest BCUT2D eigenvalue weighted by molar-refractivity contribution is 0.762. The molecule has 0 heterocycles. The molecule has 0 spiro atoms. The third-order valence-electron chi connectivity index (χ3n) is 0.948. The minimum absolute atomic E-state index is 1.09. The molecular weight excluding hydrogens is 150 g/mol. The molecule has 0 rings (SSSR count). The van der Waals surface area contributed by atoms with Crippen LogP contribution in [0.3, 0.4) is 0 Å². The van der Waals surface area contributed by atoms with E-state index in [0.29, 0.717) is 0 Å². The Labute approximate surface area is 66.4 Å². The van der Waals surface area contributed by atoms with Crippen LogP contribution >= 0.6 is 23.5 Å². The summed E-state index contributed by atoms with van der Waals surface area (Å²) < 4.78 is 0. The highest BCUT2D eigenvalue weighted by Gasteiger charge is 1.83. The Kier molecular flexibility index (Phi) is 9.30. The summed E-state index contributed by atoms with van der Waals surface area (Å²) in [7, 11) is 0. The van der Waals surface area contributed by atoms with E-state index in [1.54, 1.807) is 0 Å². The number of nitrogens with one attached hydrogen (secondary N) is 1. The molecule has 1 nitrogen and oxygen atoms in total. The Bertz CT molecular complexity index is 44.3. The number of rotatable bonds is 6. The van der Waals surface area contributed by atoms with Crippen molar-refractivity contribution in [2.45, 2.75) is 6.42 Å². The third-order valence-corrected chi connectivity index (χ3v) is 2.14. The molecule has 9 heavy (non-hydrogen) atoms. The van der Waals surface area contributed by atoms with E-state index in [1.165, 1.54) is 18.7 Å². The van der Waals surface area contributed by atoms with Gasteiger partial charge in [-0.15, -0.1) is 11.8 Å². The summed E-state index contributed by atoms with van der Waals surface area (Å²) in [5.41, 5.74) is 0. The summed E-state index contributed by atoms with van der Waals surface area (Å²) in [6.07, 6.45) is 5.55. The SMILES string of the molecule is CSCCCNCSC. The van der Waals surface area contributed by atoms with Crippen LogP contribution in [0.1, 0.15) is 6.42 Å². The smallest absolute Gasteiger partial charge is 0.0415 e. The van der Waals surface area contributed by atoms with E-state index in [2.05, 4.69) is 17.8 Å². The molecule has 0 aliphatic heterocycles. The van der Waals surface area contributed by atoms with Gasteiger partial charge in [-0.3, -0.25) is 0 Å². The molecule has 0 amide bonds. The highest BCUT2D eigenvalue weighted by Crippen LogP contribution is 1.93. The molecule has 1 N–H and O–H groups in total. The molecule has 0 aromatic rings. The second kappa shape index (κ2) is 8.66. The van der Waals surface area contributed by atoms with Crippen LogP contribution in [0.5, 0.6) is 0 Å². The van der Waals surface area contributed by atoms with Crippen molar-refractivity contribution in [2.75, 3.05) is 30.7 Å². The molecule has 0 aromatic heterocycles. The van der Waals surface area contributed by atoms with E-state index in [4.69, 9.17) is 0 Å². The van der Waals surface area contributed by atoms with Gasteiger partial charge >= 0.3 is 0 Å². The fourth-order valence-corrected chi connectivity index (χ4v) is 1.30. The van der Waals surface area contributed by atoms with Crippen molar-refractivity contribution in [3.63, 3.8) is 0 Å². The van der Waals surface area contributed by atoms with Crippen LogP contribution in [-0.2, 0) is 0 Å². The monoisotopic (exact) mass is 165 g/mol. The zero-order valence-corrected chi connectivity index (χ0v) is 7.78. The zero-order chi connectivity index (χ0) is 6.95. The van der Waals surface area contributed by atoms with Gasteiger partial charge in [-0.2, -0.15) is 11.8 Å². The Balaban J connectivity index is 2.60. The number of hydrogen-bond donors (Lipinski definition) is 1. The van der Waals surface area contributed by atoms with Gasteiger partial charge in [-0.05, 0) is 31.2 Å². The van der Waals surface area contributed by atoms with E-state index in [1.807, 2.05) is 23.5 Å². The van der Waals surface area contributed by atoms with Gasteiger partial charge in [0, 0.05) is 5.88 Å². The van der Waals surface area contributed by atoms with Crippen molar-refractivity contribution in [1.82, 2.24) is 5.32 Å². The van der Waals surface area contributed by atoms with Gasteiger partial charge < -0.3 is 5.32 Å². The third kappa shape index (κ3) is 8.66. The van der Waals surface area contributed by atoms with Crippen molar-refractivity contribution in [2.24, 2.45) is 0 Å². The lowest BCUT2D eigenvalue weighted by Gasteiger charge is -1.99. The Morgan fingerprint density at radius 3 is 2.56 bits per heavy atom. The van der Waals surface area contributed by atoms with Gasteiger partial charge in [0.25, 0.3) is 0 Å². The first kappa shape index (κ1) is 9.66. The highest BCUT2D eigenvalue weighted by molar-refractivity contribution is 7.98. The van der Waals surface area contributed by atoms with Gasteiger partial charge in [-0.1, -0.05) is 0 Å². The van der Waals surface area contributed by atoms with E-state index in [9.17, 15) is 0 Å². The molecule has 0 saturated heterocycles. The van der Waals surface area contributed by atoms with Crippen molar-refractivity contribution in [1.29, 1.82) is 0 Å². The van der Waals surface area contributed by atoms with Crippen LogP contribution in [-0.4, -0.2) is 30.7 Å². The second-order valence-corrected chi connectivity index (χ2v) is 3.63. The molecule has 0 unspecified atom stereocenters. The first-order chi connectivity index (χ1) is 4.41. The average molecular weight is 165 g/mol. The Morgan fingerprint density at radius 1 is 1.22 bits per heavy atom. The summed E-state index contributed by atoms with van der Waals surface area (Å²) >= 11 is 3.75. The van der Waals surface area contributed by atoms with E-state index in [-0.39, 0.29) is 0 Å². The summed E-state index contributed by atoms with van der Waals surface area (Å²) in [6.45, 7) is 1.17. The molecule has 3 heteroatoms. The maximum Gasteiger partial charge on any atom is 0.0415 e. The van der Waals surface area contributed by atoms with Crippen LogP contribution in [0.2, 0.25) is 0 Å². The second-order valence-electron chi connectivity index (χ2n) is 1.78. The van der Waals surface area contributed by atoms with Gasteiger partial charge in [-0.25, -0.2) is 0 Å². The normalized spacial score (nSPS) is 10.0. The minimum Gasteiger partial charge on any atom is -0.308 e. The molecule has 56 valence electrons. The molecule has 0 aromatic carbocycles. The number of hydrogen-bond acceptors (Lipinski definition) is 3. The van der Waals surface area contributed by atoms with Crippen LogP contribution in [0, 0.1) is 0 Å². The maximum atomic E-state index is 3.32. The zero-order valence-electron chi connectivity index (χ0n) is 6.14. The first-order valence-electron chi connectivity index (χ1n) is 3.10. The molecular formula is C6H15NS2. The van der Waals surface area contributed by atoms with Crippen molar-refractivity contribution < 1.29 is 0 Å². The topological polar surface area (TPSA) is 12.0 Å². The molecule has 0 bridgehead atoms. The van der Waals surface area contributed by atoms with Crippen molar-refractivity contribution in [3.05, 3.63) is 0 Å².